The minimum absolute atomic E-state index is 0.0467. The highest BCUT2D eigenvalue weighted by Gasteiger charge is 2.35. The predicted molar refractivity (Wildman–Crippen MR) is 73.3 cm³/mol. The van der Waals surface area contributed by atoms with Gasteiger partial charge in [0.05, 0.1) is 5.69 Å². The van der Waals surface area contributed by atoms with Gasteiger partial charge in [0.25, 0.3) is 10.0 Å². The number of sulfonamides is 1. The molecular formula is C11H10BrFN4O2S. The smallest absolute Gasteiger partial charge is 0.264 e. The fraction of sp³-hybridized carbons (Fsp3) is 0.273. The van der Waals surface area contributed by atoms with Crippen LogP contribution in [0.3, 0.4) is 0 Å². The molecule has 6 nitrogen and oxygen atoms in total. The van der Waals surface area contributed by atoms with Crippen LogP contribution in [0.15, 0.2) is 27.8 Å². The summed E-state index contributed by atoms with van der Waals surface area (Å²) in [7, 11) is -2.34. The Bertz CT molecular complexity index is 770. The first-order valence-electron chi connectivity index (χ1n) is 5.77. The van der Waals surface area contributed by atoms with Crippen LogP contribution in [0.1, 0.15) is 5.56 Å². The van der Waals surface area contributed by atoms with Gasteiger partial charge >= 0.3 is 0 Å². The Morgan fingerprint density at radius 1 is 1.40 bits per heavy atom. The van der Waals surface area contributed by atoms with Crippen LogP contribution in [0.25, 0.3) is 0 Å². The van der Waals surface area contributed by atoms with E-state index in [0.29, 0.717) is 12.1 Å². The van der Waals surface area contributed by atoms with Gasteiger partial charge in [0.2, 0.25) is 5.03 Å². The molecule has 106 valence electrons. The Hall–Kier alpha value is -1.48. The third-order valence-electron chi connectivity index (χ3n) is 3.17. The molecular weight excluding hydrogens is 351 g/mol. The van der Waals surface area contributed by atoms with Crippen molar-refractivity contribution in [2.24, 2.45) is 7.05 Å². The number of rotatable bonds is 2. The van der Waals surface area contributed by atoms with Crippen molar-refractivity contribution in [3.8, 4) is 0 Å². The molecule has 0 unspecified atom stereocenters. The maximum Gasteiger partial charge on any atom is 0.284 e. The van der Waals surface area contributed by atoms with Gasteiger partial charge in [-0.3, -0.25) is 4.31 Å². The van der Waals surface area contributed by atoms with Crippen molar-refractivity contribution in [1.29, 1.82) is 0 Å². The van der Waals surface area contributed by atoms with Crippen LogP contribution in [0.5, 0.6) is 0 Å². The van der Waals surface area contributed by atoms with Gasteiger partial charge in [-0.2, -0.15) is 8.42 Å². The maximum atomic E-state index is 13.4. The number of aryl methyl sites for hydroxylation is 1. The molecule has 0 aliphatic carbocycles. The fourth-order valence-corrected chi connectivity index (χ4v) is 4.81. The zero-order valence-corrected chi connectivity index (χ0v) is 12.8. The van der Waals surface area contributed by atoms with Gasteiger partial charge in [-0.1, -0.05) is 11.3 Å². The molecule has 1 aliphatic rings. The van der Waals surface area contributed by atoms with Crippen molar-refractivity contribution in [3.63, 3.8) is 0 Å². The lowest BCUT2D eigenvalue weighted by Gasteiger charge is -2.19. The molecule has 0 amide bonds. The first-order chi connectivity index (χ1) is 9.41. The second-order valence-electron chi connectivity index (χ2n) is 4.41. The van der Waals surface area contributed by atoms with Gasteiger partial charge in [-0.25, -0.2) is 9.07 Å². The number of halogens is 2. The van der Waals surface area contributed by atoms with Crippen molar-refractivity contribution in [3.05, 3.63) is 34.2 Å². The molecule has 0 spiro atoms. The highest BCUT2D eigenvalue weighted by atomic mass is 79.9. The molecule has 9 heteroatoms. The molecule has 1 aliphatic heterocycles. The summed E-state index contributed by atoms with van der Waals surface area (Å²) in [5.41, 5.74) is 1.18. The predicted octanol–water partition coefficient (Wildman–Crippen LogP) is 1.47. The largest absolute Gasteiger partial charge is 0.284 e. The number of benzene rings is 1. The summed E-state index contributed by atoms with van der Waals surface area (Å²) in [4.78, 5) is 0. The number of hydrogen-bond acceptors (Lipinski definition) is 4. The number of fused-ring (bicyclic) bond motifs is 1. The molecule has 0 radical (unpaired) electrons. The van der Waals surface area contributed by atoms with Crippen LogP contribution < -0.4 is 4.31 Å². The highest BCUT2D eigenvalue weighted by molar-refractivity contribution is 9.10. The topological polar surface area (TPSA) is 68.1 Å². The lowest BCUT2D eigenvalue weighted by atomic mass is 10.2. The van der Waals surface area contributed by atoms with Crippen LogP contribution in [0, 0.1) is 5.82 Å². The lowest BCUT2D eigenvalue weighted by Crippen LogP contribution is -2.31. The van der Waals surface area contributed by atoms with Crippen molar-refractivity contribution in [1.82, 2.24) is 15.0 Å². The summed E-state index contributed by atoms with van der Waals surface area (Å²) < 4.78 is 41.2. The van der Waals surface area contributed by atoms with Crippen LogP contribution in [-0.4, -0.2) is 30.0 Å². The van der Waals surface area contributed by atoms with E-state index in [4.69, 9.17) is 0 Å². The van der Waals surface area contributed by atoms with E-state index >= 15 is 0 Å². The van der Waals surface area contributed by atoms with E-state index in [2.05, 4.69) is 26.2 Å². The normalized spacial score (nSPS) is 14.7. The van der Waals surface area contributed by atoms with E-state index in [1.807, 2.05) is 0 Å². The zero-order valence-electron chi connectivity index (χ0n) is 10.4. The third-order valence-corrected chi connectivity index (χ3v) is 5.87. The lowest BCUT2D eigenvalue weighted by molar-refractivity contribution is 0.570. The molecule has 0 bridgehead atoms. The summed E-state index contributed by atoms with van der Waals surface area (Å²) in [6.45, 7) is 0.277. The Kier molecular flexibility index (Phi) is 3.05. The first kappa shape index (κ1) is 13.5. The molecule has 3 rings (SSSR count). The number of hydrogen-bond donors (Lipinski definition) is 0. The molecule has 1 aromatic carbocycles. The van der Waals surface area contributed by atoms with Crippen molar-refractivity contribution in [2.75, 3.05) is 10.8 Å². The second kappa shape index (κ2) is 4.52. The Balaban J connectivity index is 2.14. The highest BCUT2D eigenvalue weighted by Crippen LogP contribution is 2.34. The number of anilines is 1. The van der Waals surface area contributed by atoms with E-state index in [1.165, 1.54) is 28.2 Å². The zero-order chi connectivity index (χ0) is 14.5. The van der Waals surface area contributed by atoms with E-state index in [1.54, 1.807) is 6.07 Å². The minimum Gasteiger partial charge on any atom is -0.264 e. The molecule has 0 fully saturated rings. The van der Waals surface area contributed by atoms with Crippen molar-refractivity contribution in [2.45, 2.75) is 11.4 Å². The summed E-state index contributed by atoms with van der Waals surface area (Å²) in [6, 6.07) is 4.17. The quantitative estimate of drug-likeness (QED) is 0.813. The maximum absolute atomic E-state index is 13.4. The minimum atomic E-state index is -3.83. The molecule has 0 atom stereocenters. The van der Waals surface area contributed by atoms with E-state index < -0.39 is 15.8 Å². The van der Waals surface area contributed by atoms with E-state index in [-0.39, 0.29) is 16.2 Å². The average Bonchev–Trinajstić information content (AvgIpc) is 2.93. The Morgan fingerprint density at radius 2 is 2.15 bits per heavy atom. The van der Waals surface area contributed by atoms with Gasteiger partial charge in [0, 0.05) is 13.6 Å². The van der Waals surface area contributed by atoms with Crippen LogP contribution in [0.4, 0.5) is 10.1 Å². The standard InChI is InChI=1S/C11H10BrFN4O2S/c1-16-11(10(12)14-15-16)20(18,19)17-5-4-7-2-3-8(13)6-9(7)17/h2-3,6H,4-5H2,1H3. The summed E-state index contributed by atoms with van der Waals surface area (Å²) >= 11 is 3.08. The second-order valence-corrected chi connectivity index (χ2v) is 6.94. The summed E-state index contributed by atoms with van der Waals surface area (Å²) in [5.74, 6) is -0.465. The first-order valence-corrected chi connectivity index (χ1v) is 8.01. The molecule has 0 saturated heterocycles. The van der Waals surface area contributed by atoms with Crippen molar-refractivity contribution >= 4 is 31.6 Å². The molecule has 20 heavy (non-hydrogen) atoms. The van der Waals surface area contributed by atoms with Crippen LogP contribution in [0.2, 0.25) is 0 Å². The average molecular weight is 361 g/mol. The Morgan fingerprint density at radius 3 is 2.80 bits per heavy atom. The van der Waals surface area contributed by atoms with Gasteiger partial charge in [0.15, 0.2) is 4.60 Å². The third kappa shape index (κ3) is 1.92. The summed E-state index contributed by atoms with van der Waals surface area (Å²) in [5, 5.41) is 7.30. The van der Waals surface area contributed by atoms with Crippen LogP contribution >= 0.6 is 15.9 Å². The molecule has 0 saturated carbocycles. The number of nitrogens with zero attached hydrogens (tertiary/aromatic N) is 4. The van der Waals surface area contributed by atoms with Gasteiger partial charge in [0.1, 0.15) is 5.82 Å². The fourth-order valence-electron chi connectivity index (χ4n) is 2.27. The molecule has 2 aromatic rings. The van der Waals surface area contributed by atoms with Gasteiger partial charge in [-0.15, -0.1) is 5.10 Å². The monoisotopic (exact) mass is 360 g/mol. The van der Waals surface area contributed by atoms with Gasteiger partial charge < -0.3 is 0 Å². The van der Waals surface area contributed by atoms with Crippen LogP contribution in [-0.2, 0) is 23.5 Å². The summed E-state index contributed by atoms with van der Waals surface area (Å²) in [6.07, 6.45) is 0.553. The number of aromatic nitrogens is 3. The van der Waals surface area contributed by atoms with E-state index in [0.717, 1.165) is 5.56 Å². The SMILES string of the molecule is Cn1nnc(Br)c1S(=O)(=O)N1CCc2ccc(F)cc21. The van der Waals surface area contributed by atoms with Crippen molar-refractivity contribution < 1.29 is 12.8 Å². The molecule has 1 aromatic heterocycles. The molecule has 0 N–H and O–H groups in total. The molecule has 2 heterocycles. The van der Waals surface area contributed by atoms with E-state index in [9.17, 15) is 12.8 Å². The Labute approximate surface area is 123 Å². The van der Waals surface area contributed by atoms with Gasteiger partial charge in [-0.05, 0) is 40.0 Å².